The molecule has 0 saturated heterocycles. The zero-order valence-electron chi connectivity index (χ0n) is 19.8. The number of nitrogens with two attached hydrogens (primary N) is 1. The summed E-state index contributed by atoms with van der Waals surface area (Å²) in [6.07, 6.45) is -0.0562. The minimum atomic E-state index is -1.41. The molecule has 0 bridgehead atoms. The predicted octanol–water partition coefficient (Wildman–Crippen LogP) is 1.74. The number of alkyl carbamates (subject to hydrolysis) is 1. The molecule has 1 aromatic rings. The Labute approximate surface area is 194 Å². The molecule has 4 amide bonds. The Balaban J connectivity index is 3.45. The number of phenolic OH excluding ortho intramolecular Hbond substituents is 1. The number of hydrogen-bond acceptors (Lipinski definition) is 6. The largest absolute Gasteiger partial charge is 0.508 e. The van der Waals surface area contributed by atoms with Crippen LogP contribution in [0.2, 0.25) is 0 Å². The summed E-state index contributed by atoms with van der Waals surface area (Å²) in [5.74, 6) is -2.37. The smallest absolute Gasteiger partial charge is 0.408 e. The molecule has 0 aliphatic heterocycles. The SMILES string of the molecule is C=CCN(C(=O)C(CC(N)=O)NC(=O)OC(C)(C)C)C(C(=O)NC(C)C)c1ccccc1O. The Morgan fingerprint density at radius 3 is 2.27 bits per heavy atom. The van der Waals surface area contributed by atoms with Gasteiger partial charge in [0.15, 0.2) is 0 Å². The second-order valence-electron chi connectivity index (χ2n) is 8.77. The first kappa shape index (κ1) is 27.5. The highest BCUT2D eigenvalue weighted by atomic mass is 16.6. The molecule has 0 aliphatic carbocycles. The van der Waals surface area contributed by atoms with Gasteiger partial charge in [0.05, 0.1) is 6.42 Å². The van der Waals surface area contributed by atoms with E-state index in [1.165, 1.54) is 18.2 Å². The van der Waals surface area contributed by atoms with Crippen molar-refractivity contribution in [3.8, 4) is 5.75 Å². The van der Waals surface area contributed by atoms with E-state index in [4.69, 9.17) is 10.5 Å². The monoisotopic (exact) mass is 462 g/mol. The number of carbonyl (C=O) groups excluding carboxylic acids is 4. The van der Waals surface area contributed by atoms with Crippen LogP contribution in [0.1, 0.15) is 52.6 Å². The number of nitrogens with zero attached hydrogens (tertiary/aromatic N) is 1. The molecule has 2 atom stereocenters. The molecule has 0 spiro atoms. The van der Waals surface area contributed by atoms with E-state index < -0.39 is 47.9 Å². The average molecular weight is 463 g/mol. The fourth-order valence-electron chi connectivity index (χ4n) is 3.05. The van der Waals surface area contributed by atoms with Crippen molar-refractivity contribution in [3.63, 3.8) is 0 Å². The summed E-state index contributed by atoms with van der Waals surface area (Å²) in [6, 6.07) is 3.16. The van der Waals surface area contributed by atoms with Crippen LogP contribution in [0, 0.1) is 0 Å². The number of nitrogens with one attached hydrogen (secondary N) is 2. The van der Waals surface area contributed by atoms with E-state index in [1.54, 1.807) is 46.8 Å². The van der Waals surface area contributed by atoms with Gasteiger partial charge in [-0.3, -0.25) is 14.4 Å². The number of aromatic hydroxyl groups is 1. The van der Waals surface area contributed by atoms with Crippen LogP contribution >= 0.6 is 0 Å². The van der Waals surface area contributed by atoms with Gasteiger partial charge in [0.1, 0.15) is 23.4 Å². The highest BCUT2D eigenvalue weighted by molar-refractivity contribution is 5.95. The highest BCUT2D eigenvalue weighted by Gasteiger charge is 2.37. The molecule has 0 radical (unpaired) electrons. The van der Waals surface area contributed by atoms with Crippen LogP contribution in [-0.2, 0) is 19.1 Å². The summed E-state index contributed by atoms with van der Waals surface area (Å²) in [5, 5.41) is 15.5. The Kier molecular flexibility index (Phi) is 9.90. The molecule has 33 heavy (non-hydrogen) atoms. The van der Waals surface area contributed by atoms with Crippen molar-refractivity contribution in [2.45, 2.75) is 64.8 Å². The van der Waals surface area contributed by atoms with Crippen molar-refractivity contribution in [1.82, 2.24) is 15.5 Å². The molecule has 10 nitrogen and oxygen atoms in total. The third kappa shape index (κ3) is 8.83. The van der Waals surface area contributed by atoms with Gasteiger partial charge in [0, 0.05) is 18.2 Å². The Bertz CT molecular complexity index is 878. The van der Waals surface area contributed by atoms with Crippen LogP contribution in [-0.4, -0.2) is 58.1 Å². The Morgan fingerprint density at radius 2 is 1.79 bits per heavy atom. The zero-order valence-corrected chi connectivity index (χ0v) is 19.8. The first-order valence-electron chi connectivity index (χ1n) is 10.5. The summed E-state index contributed by atoms with van der Waals surface area (Å²) < 4.78 is 5.19. The normalized spacial score (nSPS) is 12.9. The molecular formula is C23H34N4O6. The number of phenols is 1. The van der Waals surface area contributed by atoms with Crippen LogP contribution in [0.3, 0.4) is 0 Å². The van der Waals surface area contributed by atoms with Gasteiger partial charge in [-0.15, -0.1) is 6.58 Å². The number of primary amides is 1. The average Bonchev–Trinajstić information content (AvgIpc) is 2.65. The van der Waals surface area contributed by atoms with Gasteiger partial charge < -0.3 is 31.1 Å². The van der Waals surface area contributed by atoms with Crippen molar-refractivity contribution in [3.05, 3.63) is 42.5 Å². The Morgan fingerprint density at radius 1 is 1.18 bits per heavy atom. The van der Waals surface area contributed by atoms with Crippen molar-refractivity contribution < 1.29 is 29.0 Å². The van der Waals surface area contributed by atoms with Gasteiger partial charge in [-0.2, -0.15) is 0 Å². The zero-order chi connectivity index (χ0) is 25.3. The topological polar surface area (TPSA) is 151 Å². The maximum Gasteiger partial charge on any atom is 0.408 e. The number of amides is 4. The fourth-order valence-corrected chi connectivity index (χ4v) is 3.05. The van der Waals surface area contributed by atoms with Gasteiger partial charge in [0.25, 0.3) is 0 Å². The molecule has 0 saturated carbocycles. The van der Waals surface area contributed by atoms with Crippen LogP contribution in [0.25, 0.3) is 0 Å². The van der Waals surface area contributed by atoms with E-state index in [0.717, 1.165) is 4.90 Å². The summed E-state index contributed by atoms with van der Waals surface area (Å²) in [7, 11) is 0. The van der Waals surface area contributed by atoms with Crippen molar-refractivity contribution in [2.75, 3.05) is 6.54 Å². The molecule has 10 heteroatoms. The van der Waals surface area contributed by atoms with Crippen LogP contribution in [0.4, 0.5) is 4.79 Å². The maximum atomic E-state index is 13.5. The van der Waals surface area contributed by atoms with E-state index in [9.17, 15) is 24.3 Å². The summed E-state index contributed by atoms with van der Waals surface area (Å²) in [5.41, 5.74) is 4.63. The van der Waals surface area contributed by atoms with E-state index in [1.807, 2.05) is 0 Å². The highest BCUT2D eigenvalue weighted by Crippen LogP contribution is 2.30. The molecule has 1 aromatic carbocycles. The molecule has 0 heterocycles. The molecule has 182 valence electrons. The van der Waals surface area contributed by atoms with Gasteiger partial charge >= 0.3 is 6.09 Å². The first-order valence-corrected chi connectivity index (χ1v) is 10.5. The van der Waals surface area contributed by atoms with Gasteiger partial charge in [-0.25, -0.2) is 4.79 Å². The lowest BCUT2D eigenvalue weighted by Crippen LogP contribution is -2.54. The number of benzene rings is 1. The van der Waals surface area contributed by atoms with E-state index in [0.29, 0.717) is 0 Å². The van der Waals surface area contributed by atoms with Crippen LogP contribution in [0.5, 0.6) is 5.75 Å². The first-order chi connectivity index (χ1) is 15.3. The maximum absolute atomic E-state index is 13.5. The van der Waals surface area contributed by atoms with Crippen molar-refractivity contribution in [1.29, 1.82) is 0 Å². The molecule has 5 N–H and O–H groups in total. The second-order valence-corrected chi connectivity index (χ2v) is 8.77. The fraction of sp³-hybridized carbons (Fsp3) is 0.478. The molecule has 2 unspecified atom stereocenters. The lowest BCUT2D eigenvalue weighted by Gasteiger charge is -2.34. The second kappa shape index (κ2) is 11.9. The predicted molar refractivity (Wildman–Crippen MR) is 123 cm³/mol. The van der Waals surface area contributed by atoms with Gasteiger partial charge in [-0.1, -0.05) is 24.3 Å². The number of para-hydroxylation sites is 1. The minimum Gasteiger partial charge on any atom is -0.508 e. The van der Waals surface area contributed by atoms with Gasteiger partial charge in [0.2, 0.25) is 17.7 Å². The lowest BCUT2D eigenvalue weighted by molar-refractivity contribution is -0.143. The molecule has 0 aliphatic rings. The summed E-state index contributed by atoms with van der Waals surface area (Å²) in [4.78, 5) is 51.7. The van der Waals surface area contributed by atoms with E-state index in [2.05, 4.69) is 17.2 Å². The van der Waals surface area contributed by atoms with Crippen LogP contribution < -0.4 is 16.4 Å². The molecule has 1 rings (SSSR count). The molecule has 0 aromatic heterocycles. The minimum absolute atomic E-state index is 0.116. The third-order valence-electron chi connectivity index (χ3n) is 4.23. The molecule has 0 fully saturated rings. The van der Waals surface area contributed by atoms with Crippen molar-refractivity contribution in [2.24, 2.45) is 5.73 Å². The number of rotatable bonds is 10. The Hall–Kier alpha value is -3.56. The van der Waals surface area contributed by atoms with Crippen LogP contribution in [0.15, 0.2) is 36.9 Å². The standard InChI is InChI=1S/C23H34N4O6/c1-7-12-27(19(20(30)25-14(2)3)15-10-8-9-11-17(15)28)21(31)16(13-18(24)29)26-22(32)33-23(4,5)6/h7-11,14,16,19,28H,1,12-13H2,2-6H3,(H2,24,29)(H,25,30)(H,26,32). The van der Waals surface area contributed by atoms with E-state index in [-0.39, 0.29) is 23.9 Å². The summed E-state index contributed by atoms with van der Waals surface area (Å²) >= 11 is 0. The lowest BCUT2D eigenvalue weighted by atomic mass is 10.0. The quantitative estimate of drug-likeness (QED) is 0.389. The van der Waals surface area contributed by atoms with Gasteiger partial charge in [-0.05, 0) is 40.7 Å². The van der Waals surface area contributed by atoms with Crippen molar-refractivity contribution >= 4 is 23.8 Å². The van der Waals surface area contributed by atoms with E-state index >= 15 is 0 Å². The third-order valence-corrected chi connectivity index (χ3v) is 4.23. The number of ether oxygens (including phenoxy) is 1. The summed E-state index contributed by atoms with van der Waals surface area (Å²) in [6.45, 7) is 12.0. The molecular weight excluding hydrogens is 428 g/mol. The number of carbonyl (C=O) groups is 4. The number of hydrogen-bond donors (Lipinski definition) is 4.